The molecular weight excluding hydrogens is 188 g/mol. The first kappa shape index (κ1) is 8.41. The van der Waals surface area contributed by atoms with Gasteiger partial charge in [0.2, 0.25) is 0 Å². The van der Waals surface area contributed by atoms with Gasteiger partial charge >= 0.3 is 0 Å². The molecule has 1 aromatic heterocycles. The van der Waals surface area contributed by atoms with Gasteiger partial charge in [-0.25, -0.2) is 0 Å². The minimum atomic E-state index is 0.775. The molecule has 66 valence electrons. The molecule has 0 atom stereocenters. The lowest BCUT2D eigenvalue weighted by molar-refractivity contribution is 0.652. The molecule has 0 fully saturated rings. The number of hydrogen-bond acceptors (Lipinski definition) is 4. The Morgan fingerprint density at radius 1 is 1.58 bits per heavy atom. The van der Waals surface area contributed by atoms with Crippen LogP contribution in [0.2, 0.25) is 0 Å². The Bertz CT molecular complexity index is 293. The van der Waals surface area contributed by atoms with Crippen LogP contribution in [0.1, 0.15) is 16.0 Å². The zero-order valence-corrected chi connectivity index (χ0v) is 8.47. The molecule has 0 bridgehead atoms. The van der Waals surface area contributed by atoms with Gasteiger partial charge in [0.15, 0.2) is 0 Å². The lowest BCUT2D eigenvalue weighted by atomic mass is 10.1. The van der Waals surface area contributed by atoms with E-state index in [0.29, 0.717) is 0 Å². The van der Waals surface area contributed by atoms with Gasteiger partial charge < -0.3 is 11.1 Å². The average Bonchev–Trinajstić information content (AvgIpc) is 2.40. The predicted octanol–water partition coefficient (Wildman–Crippen LogP) is 1.41. The summed E-state index contributed by atoms with van der Waals surface area (Å²) in [6, 6.07) is 0. The molecule has 2 rings (SSSR count). The normalized spacial score (nSPS) is 16.1. The van der Waals surface area contributed by atoms with Gasteiger partial charge in [-0.05, 0) is 24.1 Å². The largest absolute Gasteiger partial charge is 0.390 e. The van der Waals surface area contributed by atoms with E-state index in [1.54, 1.807) is 11.3 Å². The van der Waals surface area contributed by atoms with Crippen molar-refractivity contribution in [3.63, 3.8) is 0 Å². The number of nitrogens with two attached hydrogens (primary N) is 1. The first-order valence-corrected chi connectivity index (χ1v) is 5.48. The number of nitrogens with one attached hydrogen (secondary N) is 1. The Kier molecular flexibility index (Phi) is 2.30. The average molecular weight is 200 g/mol. The summed E-state index contributed by atoms with van der Waals surface area (Å²) in [5.74, 6) is 0.775. The first-order chi connectivity index (χ1) is 5.83. The van der Waals surface area contributed by atoms with Crippen LogP contribution in [0.3, 0.4) is 0 Å². The van der Waals surface area contributed by atoms with Gasteiger partial charge in [-0.2, -0.15) is 12.6 Å². The fourth-order valence-electron chi connectivity index (χ4n) is 1.59. The Morgan fingerprint density at radius 2 is 2.42 bits per heavy atom. The van der Waals surface area contributed by atoms with Gasteiger partial charge in [-0.15, -0.1) is 11.3 Å². The minimum absolute atomic E-state index is 0.775. The maximum atomic E-state index is 5.87. The van der Waals surface area contributed by atoms with E-state index in [1.165, 1.54) is 16.0 Å². The van der Waals surface area contributed by atoms with Crippen LogP contribution in [0.5, 0.6) is 0 Å². The van der Waals surface area contributed by atoms with Crippen molar-refractivity contribution in [3.05, 3.63) is 16.0 Å². The van der Waals surface area contributed by atoms with Crippen molar-refractivity contribution in [2.75, 3.05) is 12.3 Å². The third kappa shape index (κ3) is 1.24. The lowest BCUT2D eigenvalue weighted by Gasteiger charge is -2.13. The molecule has 2 heterocycles. The van der Waals surface area contributed by atoms with Crippen molar-refractivity contribution in [2.24, 2.45) is 0 Å². The number of anilines is 1. The molecule has 3 N–H and O–H groups in total. The molecule has 0 saturated carbocycles. The number of rotatable bonds is 1. The van der Waals surface area contributed by atoms with Gasteiger partial charge in [0, 0.05) is 17.2 Å². The molecule has 1 aliphatic rings. The SMILES string of the molecule is Nc1sc2c(c1CS)CCNC2. The molecule has 0 spiro atoms. The summed E-state index contributed by atoms with van der Waals surface area (Å²) in [6.45, 7) is 2.06. The van der Waals surface area contributed by atoms with Crippen LogP contribution >= 0.6 is 24.0 Å². The summed E-state index contributed by atoms with van der Waals surface area (Å²) in [4.78, 5) is 1.41. The maximum absolute atomic E-state index is 5.87. The second kappa shape index (κ2) is 3.28. The quantitative estimate of drug-likeness (QED) is 0.600. The highest BCUT2D eigenvalue weighted by molar-refractivity contribution is 7.79. The van der Waals surface area contributed by atoms with Crippen molar-refractivity contribution in [1.29, 1.82) is 0 Å². The zero-order chi connectivity index (χ0) is 8.55. The van der Waals surface area contributed by atoms with Gasteiger partial charge in [0.05, 0.1) is 5.00 Å². The Hall–Kier alpha value is -0.190. The van der Waals surface area contributed by atoms with Crippen LogP contribution in [-0.2, 0) is 18.7 Å². The van der Waals surface area contributed by atoms with E-state index in [-0.39, 0.29) is 0 Å². The molecule has 1 aliphatic heterocycles. The van der Waals surface area contributed by atoms with E-state index in [2.05, 4.69) is 17.9 Å². The van der Waals surface area contributed by atoms with E-state index >= 15 is 0 Å². The second-order valence-electron chi connectivity index (χ2n) is 2.93. The van der Waals surface area contributed by atoms with Crippen molar-refractivity contribution in [2.45, 2.75) is 18.7 Å². The molecule has 1 aromatic rings. The number of thiol groups is 1. The Balaban J connectivity index is 2.46. The van der Waals surface area contributed by atoms with Crippen molar-refractivity contribution < 1.29 is 0 Å². The van der Waals surface area contributed by atoms with Gasteiger partial charge in [0.1, 0.15) is 0 Å². The summed E-state index contributed by atoms with van der Waals surface area (Å²) in [5.41, 5.74) is 8.59. The van der Waals surface area contributed by atoms with Crippen LogP contribution < -0.4 is 11.1 Å². The zero-order valence-electron chi connectivity index (χ0n) is 6.76. The molecule has 4 heteroatoms. The Morgan fingerprint density at radius 3 is 3.17 bits per heavy atom. The van der Waals surface area contributed by atoms with Crippen LogP contribution in [0.4, 0.5) is 5.00 Å². The van der Waals surface area contributed by atoms with Crippen LogP contribution in [-0.4, -0.2) is 6.54 Å². The molecule has 0 unspecified atom stereocenters. The summed E-state index contributed by atoms with van der Waals surface area (Å²) in [5, 5.41) is 4.29. The lowest BCUT2D eigenvalue weighted by Crippen LogP contribution is -2.22. The minimum Gasteiger partial charge on any atom is -0.390 e. The molecule has 12 heavy (non-hydrogen) atoms. The highest BCUT2D eigenvalue weighted by atomic mass is 32.1. The van der Waals surface area contributed by atoms with E-state index in [4.69, 9.17) is 5.73 Å². The fraction of sp³-hybridized carbons (Fsp3) is 0.500. The smallest absolute Gasteiger partial charge is 0.0903 e. The molecule has 0 aliphatic carbocycles. The van der Waals surface area contributed by atoms with Crippen molar-refractivity contribution in [1.82, 2.24) is 5.32 Å². The molecule has 0 saturated heterocycles. The summed E-state index contributed by atoms with van der Waals surface area (Å²) < 4.78 is 0. The first-order valence-electron chi connectivity index (χ1n) is 4.03. The highest BCUT2D eigenvalue weighted by Crippen LogP contribution is 2.33. The third-order valence-electron chi connectivity index (χ3n) is 2.23. The monoisotopic (exact) mass is 200 g/mol. The van der Waals surface area contributed by atoms with Gasteiger partial charge in [-0.3, -0.25) is 0 Å². The van der Waals surface area contributed by atoms with E-state index < -0.39 is 0 Å². The maximum Gasteiger partial charge on any atom is 0.0903 e. The molecular formula is C8H12N2S2. The van der Waals surface area contributed by atoms with Crippen LogP contribution in [0.25, 0.3) is 0 Å². The highest BCUT2D eigenvalue weighted by Gasteiger charge is 2.17. The molecule has 0 amide bonds. The summed E-state index contributed by atoms with van der Waals surface area (Å²) in [6.07, 6.45) is 1.11. The van der Waals surface area contributed by atoms with Crippen LogP contribution in [0, 0.1) is 0 Å². The van der Waals surface area contributed by atoms with E-state index in [0.717, 1.165) is 30.3 Å². The van der Waals surface area contributed by atoms with E-state index in [9.17, 15) is 0 Å². The number of nitrogen functional groups attached to an aromatic ring is 1. The standard InChI is InChI=1S/C8H12N2S2/c9-8-6(4-11)5-1-2-10-3-7(5)12-8/h10-11H,1-4,9H2. The van der Waals surface area contributed by atoms with Gasteiger partial charge in [-0.1, -0.05) is 0 Å². The van der Waals surface area contributed by atoms with Crippen LogP contribution in [0.15, 0.2) is 0 Å². The van der Waals surface area contributed by atoms with Crippen molar-refractivity contribution in [3.8, 4) is 0 Å². The molecule has 0 aromatic carbocycles. The topological polar surface area (TPSA) is 38.0 Å². The molecule has 2 nitrogen and oxygen atoms in total. The predicted molar refractivity (Wildman–Crippen MR) is 56.8 cm³/mol. The number of hydrogen-bond donors (Lipinski definition) is 3. The molecule has 0 radical (unpaired) electrons. The number of thiophene rings is 1. The van der Waals surface area contributed by atoms with E-state index in [1.807, 2.05) is 0 Å². The Labute approximate surface area is 81.6 Å². The second-order valence-corrected chi connectivity index (χ2v) is 4.38. The fourth-order valence-corrected chi connectivity index (χ4v) is 3.17. The summed E-state index contributed by atoms with van der Waals surface area (Å²) >= 11 is 5.99. The number of fused-ring (bicyclic) bond motifs is 1. The third-order valence-corrected chi connectivity index (χ3v) is 3.65. The van der Waals surface area contributed by atoms with Crippen molar-refractivity contribution >= 4 is 29.0 Å². The summed E-state index contributed by atoms with van der Waals surface area (Å²) in [7, 11) is 0. The van der Waals surface area contributed by atoms with Gasteiger partial charge in [0.25, 0.3) is 0 Å².